The van der Waals surface area contributed by atoms with Gasteiger partial charge in [-0.15, -0.1) is 12.4 Å². The molecule has 1 aromatic rings. The fourth-order valence-electron chi connectivity index (χ4n) is 2.58. The zero-order chi connectivity index (χ0) is 17.7. The van der Waals surface area contributed by atoms with Crippen LogP contribution < -0.4 is 10.6 Å². The number of hydrogen-bond donors (Lipinski definition) is 2. The minimum Gasteiger partial charge on any atom is -0.325 e. The van der Waals surface area contributed by atoms with Gasteiger partial charge in [-0.05, 0) is 49.9 Å². The van der Waals surface area contributed by atoms with Crippen LogP contribution in [0.3, 0.4) is 0 Å². The summed E-state index contributed by atoms with van der Waals surface area (Å²) in [6.45, 7) is 7.32. The Morgan fingerprint density at radius 1 is 1.24 bits per heavy atom. The van der Waals surface area contributed by atoms with Crippen LogP contribution in [0.4, 0.5) is 5.69 Å². The topological polar surface area (TPSA) is 78.5 Å². The molecule has 1 aliphatic carbocycles. The lowest BCUT2D eigenvalue weighted by Crippen LogP contribution is -2.31. The largest absolute Gasteiger partial charge is 0.325 e. The first-order valence-electron chi connectivity index (χ1n) is 8.49. The molecule has 0 aliphatic heterocycles. The second kappa shape index (κ2) is 9.52. The Morgan fingerprint density at radius 2 is 1.88 bits per heavy atom. The van der Waals surface area contributed by atoms with Crippen molar-refractivity contribution < 1.29 is 13.2 Å². The van der Waals surface area contributed by atoms with Crippen molar-refractivity contribution in [3.05, 3.63) is 23.8 Å². The van der Waals surface area contributed by atoms with Crippen LogP contribution in [0.25, 0.3) is 0 Å². The number of carbonyl (C=O) groups is 1. The second-order valence-corrected chi connectivity index (χ2v) is 8.10. The van der Waals surface area contributed by atoms with Gasteiger partial charge in [0.15, 0.2) is 0 Å². The Bertz CT molecular complexity index is 686. The first-order chi connectivity index (χ1) is 11.4. The van der Waals surface area contributed by atoms with Gasteiger partial charge in [0, 0.05) is 18.8 Å². The van der Waals surface area contributed by atoms with E-state index in [9.17, 15) is 13.2 Å². The van der Waals surface area contributed by atoms with Gasteiger partial charge in [-0.1, -0.05) is 19.9 Å². The maximum absolute atomic E-state index is 12.7. The number of benzene rings is 1. The van der Waals surface area contributed by atoms with E-state index in [0.29, 0.717) is 30.3 Å². The molecule has 0 bridgehead atoms. The monoisotopic (exact) mass is 389 g/mol. The lowest BCUT2D eigenvalue weighted by atomic mass is 10.2. The van der Waals surface area contributed by atoms with Gasteiger partial charge in [0.1, 0.15) is 0 Å². The maximum Gasteiger partial charge on any atom is 0.243 e. The number of amides is 1. The summed E-state index contributed by atoms with van der Waals surface area (Å²) in [5.41, 5.74) is 1.18. The first kappa shape index (κ1) is 21.9. The van der Waals surface area contributed by atoms with Crippen LogP contribution in [-0.4, -0.2) is 44.8 Å². The molecule has 0 heterocycles. The molecule has 1 saturated carbocycles. The lowest BCUT2D eigenvalue weighted by Gasteiger charge is -2.20. The molecule has 1 aromatic carbocycles. The van der Waals surface area contributed by atoms with Gasteiger partial charge >= 0.3 is 0 Å². The summed E-state index contributed by atoms with van der Waals surface area (Å²) in [7, 11) is -3.54. The number of anilines is 1. The predicted octanol–water partition coefficient (Wildman–Crippen LogP) is 2.39. The highest BCUT2D eigenvalue weighted by molar-refractivity contribution is 7.89. The van der Waals surface area contributed by atoms with E-state index in [1.54, 1.807) is 25.1 Å². The highest BCUT2D eigenvalue weighted by Crippen LogP contribution is 2.27. The Hall–Kier alpha value is -1.15. The van der Waals surface area contributed by atoms with E-state index in [2.05, 4.69) is 10.6 Å². The smallest absolute Gasteiger partial charge is 0.243 e. The van der Waals surface area contributed by atoms with Crippen LogP contribution in [0, 0.1) is 12.8 Å². The molecule has 2 rings (SSSR count). The third-order valence-electron chi connectivity index (χ3n) is 4.21. The summed E-state index contributed by atoms with van der Waals surface area (Å²) in [6, 6.07) is 5.00. The Balaban J connectivity index is 0.00000312. The molecular weight excluding hydrogens is 362 g/mol. The quantitative estimate of drug-likeness (QED) is 0.679. The van der Waals surface area contributed by atoms with Crippen molar-refractivity contribution in [1.82, 2.24) is 9.62 Å². The van der Waals surface area contributed by atoms with Gasteiger partial charge in [0.25, 0.3) is 0 Å². The lowest BCUT2D eigenvalue weighted by molar-refractivity contribution is -0.115. The van der Waals surface area contributed by atoms with E-state index >= 15 is 0 Å². The van der Waals surface area contributed by atoms with Gasteiger partial charge < -0.3 is 10.6 Å². The van der Waals surface area contributed by atoms with E-state index in [-0.39, 0.29) is 29.8 Å². The third-order valence-corrected chi connectivity index (χ3v) is 6.40. The Morgan fingerprint density at radius 3 is 2.44 bits per heavy atom. The molecule has 25 heavy (non-hydrogen) atoms. The molecule has 2 N–H and O–H groups in total. The van der Waals surface area contributed by atoms with Gasteiger partial charge in [0.05, 0.1) is 11.4 Å². The molecule has 0 aromatic heterocycles. The molecule has 1 aliphatic rings. The van der Waals surface area contributed by atoms with Gasteiger partial charge in [0.2, 0.25) is 15.9 Å². The van der Waals surface area contributed by atoms with Gasteiger partial charge in [-0.2, -0.15) is 4.31 Å². The zero-order valence-electron chi connectivity index (χ0n) is 15.0. The molecule has 0 atom stereocenters. The minimum atomic E-state index is -3.54. The molecular formula is C17H28ClN3O3S. The van der Waals surface area contributed by atoms with Crippen molar-refractivity contribution in [3.63, 3.8) is 0 Å². The van der Waals surface area contributed by atoms with Crippen molar-refractivity contribution in [2.75, 3.05) is 31.5 Å². The van der Waals surface area contributed by atoms with E-state index < -0.39 is 10.0 Å². The Kier molecular flexibility index (Phi) is 8.34. The summed E-state index contributed by atoms with van der Waals surface area (Å²) < 4.78 is 26.8. The van der Waals surface area contributed by atoms with Crippen LogP contribution in [0.2, 0.25) is 0 Å². The van der Waals surface area contributed by atoms with Crippen molar-refractivity contribution in [2.45, 2.75) is 38.5 Å². The highest BCUT2D eigenvalue weighted by atomic mass is 35.5. The first-order valence-corrected chi connectivity index (χ1v) is 9.93. The summed E-state index contributed by atoms with van der Waals surface area (Å²) in [5.74, 6) is 0.550. The minimum absolute atomic E-state index is 0. The number of carbonyl (C=O) groups excluding carboxylic acids is 1. The Labute approximate surface area is 156 Å². The van der Waals surface area contributed by atoms with Crippen LogP contribution in [0.15, 0.2) is 23.1 Å². The fraction of sp³-hybridized carbons (Fsp3) is 0.588. The van der Waals surface area contributed by atoms with Crippen LogP contribution in [0.1, 0.15) is 32.3 Å². The van der Waals surface area contributed by atoms with E-state index in [4.69, 9.17) is 0 Å². The molecule has 8 heteroatoms. The molecule has 0 unspecified atom stereocenters. The van der Waals surface area contributed by atoms with Crippen LogP contribution in [0.5, 0.6) is 0 Å². The number of aryl methyl sites for hydroxylation is 1. The number of rotatable bonds is 9. The molecule has 1 fully saturated rings. The number of sulfonamides is 1. The van der Waals surface area contributed by atoms with E-state index in [1.807, 2.05) is 13.8 Å². The van der Waals surface area contributed by atoms with E-state index in [0.717, 1.165) is 6.54 Å². The van der Waals surface area contributed by atoms with Crippen molar-refractivity contribution in [3.8, 4) is 0 Å². The number of nitrogens with zero attached hydrogens (tertiary/aromatic N) is 1. The predicted molar refractivity (Wildman–Crippen MR) is 103 cm³/mol. The van der Waals surface area contributed by atoms with Crippen molar-refractivity contribution in [1.29, 1.82) is 0 Å². The molecule has 6 nitrogen and oxygen atoms in total. The van der Waals surface area contributed by atoms with E-state index in [1.165, 1.54) is 17.1 Å². The summed E-state index contributed by atoms with van der Waals surface area (Å²) in [6.07, 6.45) is 2.47. The number of halogens is 1. The van der Waals surface area contributed by atoms with Crippen LogP contribution >= 0.6 is 12.4 Å². The van der Waals surface area contributed by atoms with Gasteiger partial charge in [-0.3, -0.25) is 4.79 Å². The molecule has 0 saturated heterocycles. The summed E-state index contributed by atoms with van der Waals surface area (Å²) in [5, 5.41) is 5.89. The zero-order valence-corrected chi connectivity index (χ0v) is 16.7. The standard InChI is InChI=1S/C17H27N3O3S.ClH/c1-4-20(5-2)24(22,23)16-10-15(9-6-13(16)3)19-17(21)12-18-11-14-7-8-14;/h6,9-10,14,18H,4-5,7-8,11-12H2,1-3H3,(H,19,21);1H. The number of hydrogen-bond acceptors (Lipinski definition) is 4. The van der Waals surface area contributed by atoms with Gasteiger partial charge in [-0.25, -0.2) is 8.42 Å². The molecule has 1 amide bonds. The summed E-state index contributed by atoms with van der Waals surface area (Å²) >= 11 is 0. The average molecular weight is 390 g/mol. The average Bonchev–Trinajstić information content (AvgIpc) is 3.34. The fourth-order valence-corrected chi connectivity index (χ4v) is 4.28. The molecule has 0 radical (unpaired) electrons. The second-order valence-electron chi connectivity index (χ2n) is 6.19. The molecule has 0 spiro atoms. The SMILES string of the molecule is CCN(CC)S(=O)(=O)c1cc(NC(=O)CNCC2CC2)ccc1C.Cl. The highest BCUT2D eigenvalue weighted by Gasteiger charge is 2.24. The normalized spacial score (nSPS) is 14.2. The number of nitrogens with one attached hydrogen (secondary N) is 2. The third kappa shape index (κ3) is 5.95. The van der Waals surface area contributed by atoms with Crippen LogP contribution in [-0.2, 0) is 14.8 Å². The maximum atomic E-state index is 12.7. The summed E-state index contributed by atoms with van der Waals surface area (Å²) in [4.78, 5) is 12.2. The molecule has 142 valence electrons. The van der Waals surface area contributed by atoms with Crippen molar-refractivity contribution in [2.24, 2.45) is 5.92 Å². The van der Waals surface area contributed by atoms with Crippen molar-refractivity contribution >= 4 is 34.0 Å².